The molecular weight excluding hydrogens is 334 g/mol. The van der Waals surface area contributed by atoms with Crippen molar-refractivity contribution < 1.29 is 27.9 Å². The summed E-state index contributed by atoms with van der Waals surface area (Å²) in [5.41, 5.74) is -1.15. The minimum absolute atomic E-state index is 0.210. The number of esters is 1. The summed E-state index contributed by atoms with van der Waals surface area (Å²) >= 11 is 0. The second-order valence-electron chi connectivity index (χ2n) is 6.82. The minimum Gasteiger partial charge on any atom is -0.465 e. The number of carbonyl (C=O) groups is 3. The lowest BCUT2D eigenvalue weighted by Crippen LogP contribution is -2.42. The van der Waals surface area contributed by atoms with Crippen molar-refractivity contribution in [3.8, 4) is 0 Å². The first-order valence-electron chi connectivity index (χ1n) is 7.62. The Bertz CT molecular complexity index is 684. The Morgan fingerprint density at radius 2 is 1.76 bits per heavy atom. The molecule has 0 heterocycles. The summed E-state index contributed by atoms with van der Waals surface area (Å²) < 4.78 is 31.8. The van der Waals surface area contributed by atoms with Crippen LogP contribution in [0.5, 0.6) is 0 Å². The maximum absolute atomic E-state index is 13.8. The highest BCUT2D eigenvalue weighted by atomic mass is 19.1. The number of methoxy groups -OCH3 is 1. The molecule has 1 rings (SSSR count). The molecule has 0 aliphatic heterocycles. The fraction of sp³-hybridized carbons (Fsp3) is 0.471. The van der Waals surface area contributed by atoms with Crippen LogP contribution in [0.4, 0.5) is 14.5 Å². The second-order valence-corrected chi connectivity index (χ2v) is 6.82. The summed E-state index contributed by atoms with van der Waals surface area (Å²) in [5.74, 6) is -4.19. The van der Waals surface area contributed by atoms with E-state index in [9.17, 15) is 23.2 Å². The second kappa shape index (κ2) is 8.04. The molecule has 0 aliphatic rings. The Kier molecular flexibility index (Phi) is 6.61. The van der Waals surface area contributed by atoms with Crippen LogP contribution in [0.3, 0.4) is 0 Å². The fourth-order valence-electron chi connectivity index (χ4n) is 1.99. The zero-order valence-corrected chi connectivity index (χ0v) is 14.8. The number of anilines is 1. The molecule has 2 amide bonds. The van der Waals surface area contributed by atoms with Gasteiger partial charge in [-0.05, 0) is 18.4 Å². The van der Waals surface area contributed by atoms with Gasteiger partial charge >= 0.3 is 5.97 Å². The number of benzene rings is 1. The SMILES string of the molecule is COC(=O)c1cc(NC(=O)[C@@H](C)NC(=O)CC(C)(C)C)c(F)cc1F. The van der Waals surface area contributed by atoms with Crippen LogP contribution >= 0.6 is 0 Å². The molecule has 6 nitrogen and oxygen atoms in total. The molecule has 1 aromatic rings. The molecule has 25 heavy (non-hydrogen) atoms. The summed E-state index contributed by atoms with van der Waals surface area (Å²) in [4.78, 5) is 35.4. The third kappa shape index (κ3) is 6.13. The predicted molar refractivity (Wildman–Crippen MR) is 88.0 cm³/mol. The zero-order chi connectivity index (χ0) is 19.4. The highest BCUT2D eigenvalue weighted by Gasteiger charge is 2.22. The molecule has 0 bridgehead atoms. The van der Waals surface area contributed by atoms with Gasteiger partial charge in [-0.25, -0.2) is 13.6 Å². The van der Waals surface area contributed by atoms with Crippen LogP contribution in [0.15, 0.2) is 12.1 Å². The van der Waals surface area contributed by atoms with Gasteiger partial charge in [0.15, 0.2) is 0 Å². The van der Waals surface area contributed by atoms with Crippen LogP contribution in [0.1, 0.15) is 44.5 Å². The third-order valence-corrected chi connectivity index (χ3v) is 3.18. The topological polar surface area (TPSA) is 84.5 Å². The quantitative estimate of drug-likeness (QED) is 0.795. The van der Waals surface area contributed by atoms with E-state index in [4.69, 9.17) is 0 Å². The average Bonchev–Trinajstić information content (AvgIpc) is 2.46. The normalized spacial score (nSPS) is 12.3. The lowest BCUT2D eigenvalue weighted by Gasteiger charge is -2.20. The van der Waals surface area contributed by atoms with Gasteiger partial charge in [0.1, 0.15) is 17.7 Å². The van der Waals surface area contributed by atoms with Gasteiger partial charge in [0, 0.05) is 12.5 Å². The van der Waals surface area contributed by atoms with E-state index in [1.165, 1.54) is 6.92 Å². The minimum atomic E-state index is -1.10. The van der Waals surface area contributed by atoms with Crippen LogP contribution in [-0.2, 0) is 14.3 Å². The Balaban J connectivity index is 2.86. The summed E-state index contributed by atoms with van der Waals surface area (Å²) in [7, 11) is 1.05. The zero-order valence-electron chi connectivity index (χ0n) is 14.8. The maximum Gasteiger partial charge on any atom is 0.340 e. The molecule has 0 saturated carbocycles. The van der Waals surface area contributed by atoms with Gasteiger partial charge in [-0.1, -0.05) is 20.8 Å². The van der Waals surface area contributed by atoms with E-state index in [0.717, 1.165) is 13.2 Å². The lowest BCUT2D eigenvalue weighted by atomic mass is 9.92. The highest BCUT2D eigenvalue weighted by Crippen LogP contribution is 2.21. The Morgan fingerprint density at radius 1 is 1.16 bits per heavy atom. The first kappa shape index (κ1) is 20.5. The van der Waals surface area contributed by atoms with E-state index < -0.39 is 35.1 Å². The summed E-state index contributed by atoms with van der Waals surface area (Å²) in [6, 6.07) is 0.379. The average molecular weight is 356 g/mol. The standard InChI is InChI=1S/C17H22F2N2O4/c1-9(20-14(22)8-17(2,3)4)15(23)21-13-6-10(16(24)25-5)11(18)7-12(13)19/h6-7,9H,8H2,1-5H3,(H,20,22)(H,21,23)/t9-/m1/s1. The Morgan fingerprint density at radius 3 is 2.28 bits per heavy atom. The fourth-order valence-corrected chi connectivity index (χ4v) is 1.99. The molecule has 8 heteroatoms. The molecule has 1 aromatic carbocycles. The van der Waals surface area contributed by atoms with Crippen molar-refractivity contribution in [2.45, 2.75) is 40.2 Å². The monoisotopic (exact) mass is 356 g/mol. The number of ether oxygens (including phenoxy) is 1. The molecule has 0 fully saturated rings. The number of carbonyl (C=O) groups excluding carboxylic acids is 3. The largest absolute Gasteiger partial charge is 0.465 e. The van der Waals surface area contributed by atoms with Crippen molar-refractivity contribution in [1.82, 2.24) is 5.32 Å². The van der Waals surface area contributed by atoms with Crippen LogP contribution < -0.4 is 10.6 Å². The summed E-state index contributed by atoms with van der Waals surface area (Å²) in [5, 5.41) is 4.72. The van der Waals surface area contributed by atoms with Gasteiger partial charge in [0.05, 0.1) is 18.4 Å². The van der Waals surface area contributed by atoms with Gasteiger partial charge in [-0.3, -0.25) is 9.59 Å². The van der Waals surface area contributed by atoms with E-state index >= 15 is 0 Å². The molecule has 0 unspecified atom stereocenters. The molecule has 138 valence electrons. The van der Waals surface area contributed by atoms with E-state index in [-0.39, 0.29) is 23.4 Å². The molecule has 0 aliphatic carbocycles. The van der Waals surface area contributed by atoms with E-state index in [1.54, 1.807) is 0 Å². The molecular formula is C17H22F2N2O4. The Hall–Kier alpha value is -2.51. The molecule has 0 aromatic heterocycles. The van der Waals surface area contributed by atoms with Crippen molar-refractivity contribution in [2.75, 3.05) is 12.4 Å². The number of rotatable bonds is 5. The molecule has 0 saturated heterocycles. The van der Waals surface area contributed by atoms with Crippen LogP contribution in [0, 0.1) is 17.0 Å². The molecule has 2 N–H and O–H groups in total. The van der Waals surface area contributed by atoms with E-state index in [0.29, 0.717) is 6.07 Å². The van der Waals surface area contributed by atoms with Crippen molar-refractivity contribution in [2.24, 2.45) is 5.41 Å². The molecule has 0 radical (unpaired) electrons. The van der Waals surface area contributed by atoms with Gasteiger partial charge in [-0.15, -0.1) is 0 Å². The molecule has 1 atom stereocenters. The number of nitrogens with one attached hydrogen (secondary N) is 2. The number of hydrogen-bond donors (Lipinski definition) is 2. The van der Waals surface area contributed by atoms with Gasteiger partial charge in [0.25, 0.3) is 0 Å². The van der Waals surface area contributed by atoms with Crippen molar-refractivity contribution in [3.05, 3.63) is 29.3 Å². The van der Waals surface area contributed by atoms with Gasteiger partial charge in [-0.2, -0.15) is 0 Å². The van der Waals surface area contributed by atoms with Crippen molar-refractivity contribution in [3.63, 3.8) is 0 Å². The smallest absolute Gasteiger partial charge is 0.340 e. The third-order valence-electron chi connectivity index (χ3n) is 3.18. The van der Waals surface area contributed by atoms with E-state index in [1.807, 2.05) is 20.8 Å². The van der Waals surface area contributed by atoms with Crippen LogP contribution in [-0.4, -0.2) is 30.9 Å². The first-order valence-corrected chi connectivity index (χ1v) is 7.62. The van der Waals surface area contributed by atoms with Crippen LogP contribution in [0.2, 0.25) is 0 Å². The number of amides is 2. The highest BCUT2D eigenvalue weighted by molar-refractivity contribution is 5.98. The number of halogens is 2. The summed E-state index contributed by atoms with van der Waals surface area (Å²) in [6.07, 6.45) is 0.210. The maximum atomic E-state index is 13.8. The molecule has 0 spiro atoms. The van der Waals surface area contributed by atoms with Crippen LogP contribution in [0.25, 0.3) is 0 Å². The summed E-state index contributed by atoms with van der Waals surface area (Å²) in [6.45, 7) is 7.05. The van der Waals surface area contributed by atoms with Crippen molar-refractivity contribution >= 4 is 23.5 Å². The van der Waals surface area contributed by atoms with Crippen molar-refractivity contribution in [1.29, 1.82) is 0 Å². The first-order chi connectivity index (χ1) is 11.4. The lowest BCUT2D eigenvalue weighted by molar-refractivity contribution is -0.127. The Labute approximate surface area is 144 Å². The number of hydrogen-bond acceptors (Lipinski definition) is 4. The van der Waals surface area contributed by atoms with E-state index in [2.05, 4.69) is 15.4 Å². The predicted octanol–water partition coefficient (Wildman–Crippen LogP) is 2.63. The van der Waals surface area contributed by atoms with Gasteiger partial charge in [0.2, 0.25) is 11.8 Å². The van der Waals surface area contributed by atoms with Gasteiger partial charge < -0.3 is 15.4 Å².